The molecule has 10 heteroatoms. The SMILES string of the molecule is CNC(=O)c1cc(-c2cc(Cl)cc([C@@H]3CN(C(=O)/C=C\Cl)[C@@H](CF)CN3C(C)=O)c2)ccn1. The number of carbonyl (C=O) groups is 3. The van der Waals surface area contributed by atoms with Crippen LogP contribution in [-0.2, 0) is 9.59 Å². The quantitative estimate of drug-likeness (QED) is 0.646. The normalized spacial score (nSPS) is 18.5. The third-order valence-corrected chi connectivity index (χ3v) is 5.87. The molecule has 0 radical (unpaired) electrons. The fourth-order valence-electron chi connectivity index (χ4n) is 3.91. The van der Waals surface area contributed by atoms with E-state index in [0.717, 1.165) is 11.6 Å². The molecule has 7 nitrogen and oxygen atoms in total. The van der Waals surface area contributed by atoms with Crippen molar-refractivity contribution in [1.29, 1.82) is 0 Å². The summed E-state index contributed by atoms with van der Waals surface area (Å²) in [6.07, 6.45) is 2.68. The van der Waals surface area contributed by atoms with Gasteiger partial charge >= 0.3 is 0 Å². The summed E-state index contributed by atoms with van der Waals surface area (Å²) in [6, 6.07) is 7.34. The highest BCUT2D eigenvalue weighted by atomic mass is 35.5. The van der Waals surface area contributed by atoms with Gasteiger partial charge in [0.2, 0.25) is 11.8 Å². The van der Waals surface area contributed by atoms with Crippen molar-refractivity contribution in [1.82, 2.24) is 20.1 Å². The Morgan fingerprint density at radius 3 is 2.58 bits per heavy atom. The van der Waals surface area contributed by atoms with Gasteiger partial charge in [0.15, 0.2) is 0 Å². The van der Waals surface area contributed by atoms with Gasteiger partial charge in [-0.15, -0.1) is 0 Å². The van der Waals surface area contributed by atoms with Gasteiger partial charge in [0.05, 0.1) is 12.1 Å². The second-order valence-electron chi connectivity index (χ2n) is 7.56. The second-order valence-corrected chi connectivity index (χ2v) is 8.25. The molecule has 1 aliphatic rings. The maximum Gasteiger partial charge on any atom is 0.269 e. The zero-order valence-corrected chi connectivity index (χ0v) is 19.6. The molecule has 1 fully saturated rings. The van der Waals surface area contributed by atoms with Gasteiger partial charge in [-0.05, 0) is 47.0 Å². The minimum Gasteiger partial charge on any atom is -0.354 e. The molecule has 0 aliphatic carbocycles. The van der Waals surface area contributed by atoms with E-state index in [2.05, 4.69) is 10.3 Å². The summed E-state index contributed by atoms with van der Waals surface area (Å²) >= 11 is 12.0. The molecular formula is C23H23Cl2FN4O3. The molecule has 0 saturated carbocycles. The van der Waals surface area contributed by atoms with Crippen molar-refractivity contribution < 1.29 is 18.8 Å². The van der Waals surface area contributed by atoms with E-state index in [1.165, 1.54) is 30.0 Å². The molecule has 2 atom stereocenters. The second kappa shape index (κ2) is 10.8. The van der Waals surface area contributed by atoms with Crippen molar-refractivity contribution in [2.75, 3.05) is 26.8 Å². The smallest absolute Gasteiger partial charge is 0.269 e. The Labute approximate surface area is 201 Å². The lowest BCUT2D eigenvalue weighted by Gasteiger charge is -2.45. The first-order valence-electron chi connectivity index (χ1n) is 10.2. The summed E-state index contributed by atoms with van der Waals surface area (Å²) in [4.78, 5) is 43.9. The lowest BCUT2D eigenvalue weighted by Crippen LogP contribution is -2.58. The third kappa shape index (κ3) is 5.51. The highest BCUT2D eigenvalue weighted by Gasteiger charge is 2.38. The number of halogens is 3. The molecule has 3 amide bonds. The van der Waals surface area contributed by atoms with Crippen LogP contribution in [0.2, 0.25) is 5.02 Å². The number of nitrogens with zero attached hydrogens (tertiary/aromatic N) is 3. The van der Waals surface area contributed by atoms with Crippen LogP contribution >= 0.6 is 23.2 Å². The summed E-state index contributed by atoms with van der Waals surface area (Å²) in [5, 5.41) is 2.95. The maximum atomic E-state index is 13.7. The van der Waals surface area contributed by atoms with E-state index in [4.69, 9.17) is 23.2 Å². The summed E-state index contributed by atoms with van der Waals surface area (Å²) in [6.45, 7) is 0.727. The fourth-order valence-corrected chi connectivity index (χ4v) is 4.26. The Bertz CT molecular complexity index is 1100. The van der Waals surface area contributed by atoms with Gasteiger partial charge in [-0.25, -0.2) is 4.39 Å². The first kappa shape index (κ1) is 24.7. The molecule has 1 N–H and O–H groups in total. The number of hydrogen-bond donors (Lipinski definition) is 1. The Balaban J connectivity index is 2.04. The lowest BCUT2D eigenvalue weighted by atomic mass is 9.95. The van der Waals surface area contributed by atoms with Crippen LogP contribution in [0.5, 0.6) is 0 Å². The zero-order valence-electron chi connectivity index (χ0n) is 18.1. The third-order valence-electron chi connectivity index (χ3n) is 5.52. The average Bonchev–Trinajstić information content (AvgIpc) is 2.82. The Hall–Kier alpha value is -2.97. The maximum absolute atomic E-state index is 13.7. The fraction of sp³-hybridized carbons (Fsp3) is 0.304. The number of hydrogen-bond acceptors (Lipinski definition) is 4. The Morgan fingerprint density at radius 2 is 1.94 bits per heavy atom. The summed E-state index contributed by atoms with van der Waals surface area (Å²) in [5.74, 6) is -1.01. The van der Waals surface area contributed by atoms with Gasteiger partial charge in [-0.2, -0.15) is 0 Å². The Kier molecular flexibility index (Phi) is 8.05. The van der Waals surface area contributed by atoms with Crippen LogP contribution in [0.25, 0.3) is 11.1 Å². The summed E-state index contributed by atoms with van der Waals surface area (Å²) in [5.41, 5.74) is 3.41. The van der Waals surface area contributed by atoms with Crippen LogP contribution in [-0.4, -0.2) is 65.4 Å². The standard InChI is InChI=1S/C23H23Cl2FN4O3/c1-14(31)29-12-19(11-26)30(22(32)3-5-24)13-21(29)17-7-16(8-18(25)9-17)15-4-6-28-20(10-15)23(33)27-2/h3-10,19,21H,11-13H2,1-2H3,(H,27,33)/b5-3-/t19-,21-/m0/s1. The number of rotatable bonds is 5. The number of piperazine rings is 1. The largest absolute Gasteiger partial charge is 0.354 e. The molecule has 1 aromatic carbocycles. The average molecular weight is 493 g/mol. The first-order chi connectivity index (χ1) is 15.8. The minimum absolute atomic E-state index is 0.0380. The number of carbonyl (C=O) groups excluding carboxylic acids is 3. The number of alkyl halides is 1. The molecule has 0 bridgehead atoms. The predicted octanol–water partition coefficient (Wildman–Crippen LogP) is 3.58. The first-order valence-corrected chi connectivity index (χ1v) is 11.0. The molecule has 2 heterocycles. The number of nitrogens with one attached hydrogen (secondary N) is 1. The van der Waals surface area contributed by atoms with Gasteiger partial charge < -0.3 is 15.1 Å². The van der Waals surface area contributed by atoms with Crippen LogP contribution in [0.1, 0.15) is 29.0 Å². The predicted molar refractivity (Wildman–Crippen MR) is 125 cm³/mol. The van der Waals surface area contributed by atoms with E-state index in [1.54, 1.807) is 24.3 Å². The van der Waals surface area contributed by atoms with Gasteiger partial charge in [-0.3, -0.25) is 19.4 Å². The number of aromatic nitrogens is 1. The number of pyridine rings is 1. The molecule has 174 valence electrons. The molecule has 0 unspecified atom stereocenters. The van der Waals surface area contributed by atoms with Crippen molar-refractivity contribution in [3.8, 4) is 11.1 Å². The van der Waals surface area contributed by atoms with Crippen LogP contribution in [0.4, 0.5) is 4.39 Å². The minimum atomic E-state index is -0.793. The van der Waals surface area contributed by atoms with Crippen molar-refractivity contribution >= 4 is 40.9 Å². The van der Waals surface area contributed by atoms with Crippen LogP contribution in [0.15, 0.2) is 48.1 Å². The highest BCUT2D eigenvalue weighted by Crippen LogP contribution is 2.34. The number of benzene rings is 1. The zero-order chi connectivity index (χ0) is 24.1. The van der Waals surface area contributed by atoms with E-state index >= 15 is 0 Å². The molecule has 1 aliphatic heterocycles. The monoisotopic (exact) mass is 492 g/mol. The summed E-state index contributed by atoms with van der Waals surface area (Å²) < 4.78 is 13.7. The van der Waals surface area contributed by atoms with E-state index in [9.17, 15) is 18.8 Å². The van der Waals surface area contributed by atoms with E-state index in [-0.39, 0.29) is 30.6 Å². The molecule has 2 aromatic rings. The van der Waals surface area contributed by atoms with Crippen molar-refractivity contribution in [3.63, 3.8) is 0 Å². The molecule has 33 heavy (non-hydrogen) atoms. The Morgan fingerprint density at radius 1 is 1.18 bits per heavy atom. The van der Waals surface area contributed by atoms with Gasteiger partial charge in [0.1, 0.15) is 12.4 Å². The molecular weight excluding hydrogens is 470 g/mol. The van der Waals surface area contributed by atoms with Gasteiger partial charge in [0.25, 0.3) is 5.91 Å². The van der Waals surface area contributed by atoms with Gasteiger partial charge in [0, 0.05) is 49.9 Å². The van der Waals surface area contributed by atoms with Gasteiger partial charge in [-0.1, -0.05) is 23.2 Å². The van der Waals surface area contributed by atoms with Crippen LogP contribution < -0.4 is 5.32 Å². The molecule has 1 saturated heterocycles. The topological polar surface area (TPSA) is 82.6 Å². The van der Waals surface area contributed by atoms with E-state index in [1.807, 2.05) is 6.07 Å². The van der Waals surface area contributed by atoms with Crippen molar-refractivity contribution in [2.24, 2.45) is 0 Å². The van der Waals surface area contributed by atoms with Crippen molar-refractivity contribution in [3.05, 3.63) is 64.4 Å². The molecule has 1 aromatic heterocycles. The van der Waals surface area contributed by atoms with E-state index in [0.29, 0.717) is 21.7 Å². The molecule has 0 spiro atoms. The van der Waals surface area contributed by atoms with E-state index < -0.39 is 24.7 Å². The number of amides is 3. The molecule has 3 rings (SSSR count). The highest BCUT2D eigenvalue weighted by molar-refractivity contribution is 6.31. The van der Waals surface area contributed by atoms with Crippen LogP contribution in [0.3, 0.4) is 0 Å². The van der Waals surface area contributed by atoms with Crippen molar-refractivity contribution in [2.45, 2.75) is 19.0 Å². The summed E-state index contributed by atoms with van der Waals surface area (Å²) in [7, 11) is 1.52. The van der Waals surface area contributed by atoms with Crippen LogP contribution in [0, 0.1) is 0 Å². The lowest BCUT2D eigenvalue weighted by molar-refractivity contribution is -0.143.